The minimum atomic E-state index is 0.313. The van der Waals surface area contributed by atoms with Crippen LogP contribution in [0.15, 0.2) is 22.7 Å². The molecule has 0 saturated carbocycles. The van der Waals surface area contributed by atoms with E-state index in [-0.39, 0.29) is 0 Å². The minimum Gasteiger partial charge on any atom is -0.492 e. The number of rotatable bonds is 7. The molecule has 0 aliphatic heterocycles. The highest BCUT2D eigenvalue weighted by Crippen LogP contribution is 2.27. The first-order valence-electron chi connectivity index (χ1n) is 7.40. The van der Waals surface area contributed by atoms with Crippen molar-refractivity contribution >= 4 is 15.9 Å². The monoisotopic (exact) mass is 341 g/mol. The summed E-state index contributed by atoms with van der Waals surface area (Å²) in [7, 11) is 0. The Balaban J connectivity index is 2.47. The third kappa shape index (κ3) is 7.30. The molecule has 0 fully saturated rings. The predicted molar refractivity (Wildman–Crippen MR) is 90.3 cm³/mol. The van der Waals surface area contributed by atoms with Gasteiger partial charge in [-0.2, -0.15) is 0 Å². The lowest BCUT2D eigenvalue weighted by Crippen LogP contribution is -2.18. The molecular formula is C17H28BrNO. The average molecular weight is 342 g/mol. The summed E-state index contributed by atoms with van der Waals surface area (Å²) >= 11 is 3.60. The van der Waals surface area contributed by atoms with Gasteiger partial charge in [-0.1, -0.05) is 40.7 Å². The second-order valence-corrected chi connectivity index (χ2v) is 7.80. The van der Waals surface area contributed by atoms with Crippen LogP contribution in [0.3, 0.4) is 0 Å². The molecule has 0 bridgehead atoms. The molecule has 3 heteroatoms. The fraction of sp³-hybridized carbons (Fsp3) is 0.647. The molecule has 1 rings (SSSR count). The standard InChI is InChI=1S/C17H28BrNO/c1-13(2)11-19-12-14-6-7-16(15(18)10-14)20-9-8-17(3,4)5/h6-7,10,13,19H,8-9,11-12H2,1-5H3. The lowest BCUT2D eigenvalue weighted by Gasteiger charge is -2.18. The molecule has 0 radical (unpaired) electrons. The van der Waals surface area contributed by atoms with Crippen molar-refractivity contribution in [1.82, 2.24) is 5.32 Å². The largest absolute Gasteiger partial charge is 0.492 e. The quantitative estimate of drug-likeness (QED) is 0.752. The highest BCUT2D eigenvalue weighted by Gasteiger charge is 2.10. The van der Waals surface area contributed by atoms with Crippen LogP contribution in [0.4, 0.5) is 0 Å². The summed E-state index contributed by atoms with van der Waals surface area (Å²) in [4.78, 5) is 0. The summed E-state index contributed by atoms with van der Waals surface area (Å²) in [6.07, 6.45) is 1.05. The zero-order valence-corrected chi connectivity index (χ0v) is 15.0. The number of ether oxygens (including phenoxy) is 1. The van der Waals surface area contributed by atoms with Gasteiger partial charge in [0, 0.05) is 6.54 Å². The summed E-state index contributed by atoms with van der Waals surface area (Å²) in [6, 6.07) is 6.32. The summed E-state index contributed by atoms with van der Waals surface area (Å²) in [5, 5.41) is 3.45. The first-order chi connectivity index (χ1) is 9.28. The van der Waals surface area contributed by atoms with Crippen LogP contribution in [0.1, 0.15) is 46.6 Å². The molecule has 1 aromatic rings. The van der Waals surface area contributed by atoms with E-state index in [1.807, 2.05) is 0 Å². The fourth-order valence-electron chi connectivity index (χ4n) is 1.74. The predicted octanol–water partition coefficient (Wildman–Crippen LogP) is 5.01. The van der Waals surface area contributed by atoms with E-state index in [9.17, 15) is 0 Å². The van der Waals surface area contributed by atoms with Crippen molar-refractivity contribution < 1.29 is 4.74 Å². The number of hydrogen-bond acceptors (Lipinski definition) is 2. The number of halogens is 1. The minimum absolute atomic E-state index is 0.313. The van der Waals surface area contributed by atoms with Gasteiger partial charge < -0.3 is 10.1 Å². The lowest BCUT2D eigenvalue weighted by molar-refractivity contribution is 0.242. The molecule has 1 N–H and O–H groups in total. The Morgan fingerprint density at radius 2 is 1.95 bits per heavy atom. The van der Waals surface area contributed by atoms with Crippen molar-refractivity contribution in [3.63, 3.8) is 0 Å². The molecule has 0 aliphatic rings. The molecule has 0 aliphatic carbocycles. The van der Waals surface area contributed by atoms with E-state index in [4.69, 9.17) is 4.74 Å². The van der Waals surface area contributed by atoms with Crippen LogP contribution in [0.5, 0.6) is 5.75 Å². The van der Waals surface area contributed by atoms with Gasteiger partial charge in [-0.05, 0) is 57.9 Å². The van der Waals surface area contributed by atoms with Crippen LogP contribution in [-0.4, -0.2) is 13.2 Å². The average Bonchev–Trinajstić information content (AvgIpc) is 2.30. The second kappa shape index (κ2) is 8.04. The van der Waals surface area contributed by atoms with Crippen LogP contribution in [0, 0.1) is 11.3 Å². The van der Waals surface area contributed by atoms with Gasteiger partial charge in [0.25, 0.3) is 0 Å². The Kier molecular flexibility index (Phi) is 7.04. The molecular weight excluding hydrogens is 314 g/mol. The Labute approximate surface area is 132 Å². The summed E-state index contributed by atoms with van der Waals surface area (Å²) in [5.41, 5.74) is 1.59. The van der Waals surface area contributed by atoms with Crippen LogP contribution < -0.4 is 10.1 Å². The first kappa shape index (κ1) is 17.5. The molecule has 0 aromatic heterocycles. The number of nitrogens with one attached hydrogen (secondary N) is 1. The van der Waals surface area contributed by atoms with E-state index in [0.717, 1.165) is 36.3 Å². The molecule has 1 aromatic carbocycles. The van der Waals surface area contributed by atoms with Crippen LogP contribution in [0.25, 0.3) is 0 Å². The fourth-order valence-corrected chi connectivity index (χ4v) is 2.28. The van der Waals surface area contributed by atoms with Crippen molar-refractivity contribution in [1.29, 1.82) is 0 Å². The molecule has 0 amide bonds. The topological polar surface area (TPSA) is 21.3 Å². The number of benzene rings is 1. The van der Waals surface area contributed by atoms with Gasteiger partial charge in [0.1, 0.15) is 5.75 Å². The Hall–Kier alpha value is -0.540. The number of hydrogen-bond donors (Lipinski definition) is 1. The van der Waals surface area contributed by atoms with Gasteiger partial charge in [0.15, 0.2) is 0 Å². The molecule has 20 heavy (non-hydrogen) atoms. The van der Waals surface area contributed by atoms with Crippen LogP contribution >= 0.6 is 15.9 Å². The van der Waals surface area contributed by atoms with E-state index in [0.29, 0.717) is 11.3 Å². The second-order valence-electron chi connectivity index (χ2n) is 6.95. The summed E-state index contributed by atoms with van der Waals surface area (Å²) < 4.78 is 6.88. The molecule has 0 saturated heterocycles. The molecule has 2 nitrogen and oxygen atoms in total. The molecule has 0 unspecified atom stereocenters. The third-order valence-corrected chi connectivity index (χ3v) is 3.61. The zero-order valence-electron chi connectivity index (χ0n) is 13.4. The zero-order chi connectivity index (χ0) is 15.2. The van der Waals surface area contributed by atoms with Crippen molar-refractivity contribution in [2.75, 3.05) is 13.2 Å². The summed E-state index contributed by atoms with van der Waals surface area (Å²) in [6.45, 7) is 13.8. The van der Waals surface area contributed by atoms with E-state index in [2.05, 4.69) is 74.1 Å². The smallest absolute Gasteiger partial charge is 0.133 e. The summed E-state index contributed by atoms with van der Waals surface area (Å²) in [5.74, 6) is 1.61. The molecule has 0 heterocycles. The third-order valence-electron chi connectivity index (χ3n) is 2.99. The normalized spacial score (nSPS) is 11.9. The van der Waals surface area contributed by atoms with E-state index >= 15 is 0 Å². The van der Waals surface area contributed by atoms with E-state index < -0.39 is 0 Å². The van der Waals surface area contributed by atoms with Gasteiger partial charge in [0.05, 0.1) is 11.1 Å². The first-order valence-corrected chi connectivity index (χ1v) is 8.19. The molecule has 114 valence electrons. The van der Waals surface area contributed by atoms with E-state index in [1.54, 1.807) is 0 Å². The van der Waals surface area contributed by atoms with Crippen LogP contribution in [-0.2, 0) is 6.54 Å². The molecule has 0 spiro atoms. The van der Waals surface area contributed by atoms with Gasteiger partial charge in [-0.25, -0.2) is 0 Å². The van der Waals surface area contributed by atoms with E-state index in [1.165, 1.54) is 5.56 Å². The Bertz CT molecular complexity index is 410. The van der Waals surface area contributed by atoms with Crippen molar-refractivity contribution in [3.05, 3.63) is 28.2 Å². The molecule has 0 atom stereocenters. The van der Waals surface area contributed by atoms with Gasteiger partial charge >= 0.3 is 0 Å². The SMILES string of the molecule is CC(C)CNCc1ccc(OCCC(C)(C)C)c(Br)c1. The highest BCUT2D eigenvalue weighted by atomic mass is 79.9. The maximum absolute atomic E-state index is 5.84. The lowest BCUT2D eigenvalue weighted by atomic mass is 9.93. The van der Waals surface area contributed by atoms with Crippen LogP contribution in [0.2, 0.25) is 0 Å². The Morgan fingerprint density at radius 3 is 2.50 bits per heavy atom. The van der Waals surface area contributed by atoms with Crippen molar-refractivity contribution in [2.45, 2.75) is 47.6 Å². The Morgan fingerprint density at radius 1 is 1.25 bits per heavy atom. The van der Waals surface area contributed by atoms with Gasteiger partial charge in [-0.3, -0.25) is 0 Å². The highest BCUT2D eigenvalue weighted by molar-refractivity contribution is 9.10. The van der Waals surface area contributed by atoms with Gasteiger partial charge in [0.2, 0.25) is 0 Å². The van der Waals surface area contributed by atoms with Gasteiger partial charge in [-0.15, -0.1) is 0 Å². The van der Waals surface area contributed by atoms with Crippen molar-refractivity contribution in [2.24, 2.45) is 11.3 Å². The maximum atomic E-state index is 5.84. The maximum Gasteiger partial charge on any atom is 0.133 e. The van der Waals surface area contributed by atoms with Crippen molar-refractivity contribution in [3.8, 4) is 5.75 Å².